The molecule has 2 heterocycles. The second kappa shape index (κ2) is 5.73. The van der Waals surface area contributed by atoms with E-state index in [0.717, 1.165) is 27.8 Å². The fourth-order valence-electron chi connectivity index (χ4n) is 3.27. The number of fused-ring (bicyclic) bond motifs is 3. The molecule has 3 aromatic rings. The molecule has 0 spiro atoms. The monoisotopic (exact) mass is 334 g/mol. The molecule has 0 fully saturated rings. The van der Waals surface area contributed by atoms with Crippen molar-refractivity contribution in [3.63, 3.8) is 0 Å². The van der Waals surface area contributed by atoms with E-state index in [0.29, 0.717) is 5.95 Å². The molecule has 25 heavy (non-hydrogen) atoms. The van der Waals surface area contributed by atoms with Crippen LogP contribution in [0.1, 0.15) is 23.6 Å². The highest BCUT2D eigenvalue weighted by molar-refractivity contribution is 6.03. The van der Waals surface area contributed by atoms with Gasteiger partial charge in [0.2, 0.25) is 17.8 Å². The average Bonchev–Trinajstić information content (AvgIpc) is 3.06. The van der Waals surface area contributed by atoms with Gasteiger partial charge in [-0.15, -0.1) is 0 Å². The second-order valence-corrected chi connectivity index (χ2v) is 6.37. The Labute approximate surface area is 144 Å². The minimum absolute atomic E-state index is 0.0620. The van der Waals surface area contributed by atoms with Crippen molar-refractivity contribution in [3.05, 3.63) is 53.6 Å². The first-order valence-electron chi connectivity index (χ1n) is 8.18. The van der Waals surface area contributed by atoms with Crippen molar-refractivity contribution in [1.29, 1.82) is 0 Å². The maximum atomic E-state index is 12.5. The van der Waals surface area contributed by atoms with E-state index in [4.69, 9.17) is 0 Å². The molecule has 1 aliphatic heterocycles. The van der Waals surface area contributed by atoms with Gasteiger partial charge in [0, 0.05) is 5.69 Å². The highest BCUT2D eigenvalue weighted by Gasteiger charge is 2.34. The molecule has 1 aromatic heterocycles. The van der Waals surface area contributed by atoms with Crippen LogP contribution in [0.2, 0.25) is 0 Å². The maximum absolute atomic E-state index is 12.5. The second-order valence-electron chi connectivity index (χ2n) is 6.37. The molecule has 2 aromatic carbocycles. The predicted octanol–water partition coefficient (Wildman–Crippen LogP) is 3.18. The van der Waals surface area contributed by atoms with E-state index < -0.39 is 6.04 Å². The Kier molecular flexibility index (Phi) is 3.53. The van der Waals surface area contributed by atoms with E-state index in [1.165, 1.54) is 0 Å². The fourth-order valence-corrected chi connectivity index (χ4v) is 3.27. The van der Waals surface area contributed by atoms with Crippen LogP contribution in [0.3, 0.4) is 0 Å². The topological polar surface area (TPSA) is 76.0 Å². The SMILES string of the molecule is Cc1ccc(NC(=O)C[C@@H]2C(=O)Nc3nc4ccccc4n32)c(C)c1. The van der Waals surface area contributed by atoms with Crippen LogP contribution in [-0.2, 0) is 9.59 Å². The van der Waals surface area contributed by atoms with Gasteiger partial charge in [0.15, 0.2) is 0 Å². The Morgan fingerprint density at radius 1 is 1.24 bits per heavy atom. The molecule has 6 nitrogen and oxygen atoms in total. The molecule has 0 bridgehead atoms. The minimum atomic E-state index is -0.590. The summed E-state index contributed by atoms with van der Waals surface area (Å²) >= 11 is 0. The van der Waals surface area contributed by atoms with Crippen LogP contribution in [0.25, 0.3) is 11.0 Å². The summed E-state index contributed by atoms with van der Waals surface area (Å²) in [7, 11) is 0. The number of hydrogen-bond acceptors (Lipinski definition) is 3. The summed E-state index contributed by atoms with van der Waals surface area (Å²) in [5, 5.41) is 5.66. The Morgan fingerprint density at radius 3 is 2.84 bits per heavy atom. The summed E-state index contributed by atoms with van der Waals surface area (Å²) in [5.74, 6) is 0.0947. The third-order valence-electron chi connectivity index (χ3n) is 4.48. The zero-order valence-electron chi connectivity index (χ0n) is 14.0. The highest BCUT2D eigenvalue weighted by atomic mass is 16.2. The smallest absolute Gasteiger partial charge is 0.250 e. The summed E-state index contributed by atoms with van der Waals surface area (Å²) in [6.07, 6.45) is 0.0620. The van der Waals surface area contributed by atoms with Gasteiger partial charge in [0.05, 0.1) is 17.5 Å². The van der Waals surface area contributed by atoms with Gasteiger partial charge in [-0.2, -0.15) is 0 Å². The summed E-state index contributed by atoms with van der Waals surface area (Å²) in [4.78, 5) is 29.2. The average molecular weight is 334 g/mol. The number of amides is 2. The van der Waals surface area contributed by atoms with Crippen molar-refractivity contribution in [2.45, 2.75) is 26.3 Å². The number of benzene rings is 2. The Hall–Kier alpha value is -3.15. The molecular weight excluding hydrogens is 316 g/mol. The van der Waals surface area contributed by atoms with Crippen molar-refractivity contribution < 1.29 is 9.59 Å². The molecule has 0 unspecified atom stereocenters. The van der Waals surface area contributed by atoms with Gasteiger partial charge in [-0.25, -0.2) is 4.98 Å². The van der Waals surface area contributed by atoms with Gasteiger partial charge in [0.1, 0.15) is 6.04 Å². The number of aryl methyl sites for hydroxylation is 2. The Bertz CT molecular complexity index is 1010. The lowest BCUT2D eigenvalue weighted by Gasteiger charge is -2.13. The number of carbonyl (C=O) groups is 2. The number of nitrogens with zero attached hydrogens (tertiary/aromatic N) is 2. The summed E-state index contributed by atoms with van der Waals surface area (Å²) in [5.41, 5.74) is 4.56. The van der Waals surface area contributed by atoms with Crippen molar-refractivity contribution in [1.82, 2.24) is 9.55 Å². The molecule has 6 heteroatoms. The van der Waals surface area contributed by atoms with Gasteiger partial charge in [0.25, 0.3) is 0 Å². The first kappa shape index (κ1) is 15.4. The number of imidazole rings is 1. The molecule has 1 atom stereocenters. The van der Waals surface area contributed by atoms with Crippen molar-refractivity contribution in [2.75, 3.05) is 10.6 Å². The minimum Gasteiger partial charge on any atom is -0.326 e. The van der Waals surface area contributed by atoms with E-state index in [-0.39, 0.29) is 18.2 Å². The van der Waals surface area contributed by atoms with Crippen molar-refractivity contribution in [2.24, 2.45) is 0 Å². The molecule has 0 radical (unpaired) electrons. The lowest BCUT2D eigenvalue weighted by atomic mass is 10.1. The Morgan fingerprint density at radius 2 is 2.04 bits per heavy atom. The van der Waals surface area contributed by atoms with Gasteiger partial charge in [-0.3, -0.25) is 19.5 Å². The predicted molar refractivity (Wildman–Crippen MR) is 96.6 cm³/mol. The molecule has 0 saturated heterocycles. The summed E-state index contributed by atoms with van der Waals surface area (Å²) in [6, 6.07) is 12.8. The molecule has 2 N–H and O–H groups in total. The van der Waals surface area contributed by atoms with E-state index in [2.05, 4.69) is 15.6 Å². The Balaban J connectivity index is 1.59. The number of rotatable bonds is 3. The maximum Gasteiger partial charge on any atom is 0.250 e. The third-order valence-corrected chi connectivity index (χ3v) is 4.48. The normalized spacial score (nSPS) is 15.9. The van der Waals surface area contributed by atoms with Crippen LogP contribution in [0.4, 0.5) is 11.6 Å². The van der Waals surface area contributed by atoms with Gasteiger partial charge < -0.3 is 5.32 Å². The number of carbonyl (C=O) groups excluding carboxylic acids is 2. The van der Waals surface area contributed by atoms with E-state index in [9.17, 15) is 9.59 Å². The van der Waals surface area contributed by atoms with Crippen molar-refractivity contribution in [3.8, 4) is 0 Å². The van der Waals surface area contributed by atoms with Crippen LogP contribution in [0.5, 0.6) is 0 Å². The molecule has 126 valence electrons. The van der Waals surface area contributed by atoms with E-state index >= 15 is 0 Å². The molecule has 1 aliphatic rings. The zero-order chi connectivity index (χ0) is 17.6. The zero-order valence-corrected chi connectivity index (χ0v) is 14.0. The third kappa shape index (κ3) is 2.65. The van der Waals surface area contributed by atoms with Crippen LogP contribution in [-0.4, -0.2) is 21.4 Å². The quantitative estimate of drug-likeness (QED) is 0.772. The molecule has 2 amide bonds. The van der Waals surface area contributed by atoms with Gasteiger partial charge >= 0.3 is 0 Å². The van der Waals surface area contributed by atoms with Crippen LogP contribution in [0.15, 0.2) is 42.5 Å². The first-order valence-corrected chi connectivity index (χ1v) is 8.18. The van der Waals surface area contributed by atoms with E-state index in [1.54, 1.807) is 4.57 Å². The number of anilines is 2. The number of aromatic nitrogens is 2. The van der Waals surface area contributed by atoms with Gasteiger partial charge in [-0.05, 0) is 37.6 Å². The molecule has 4 rings (SSSR count). The molecular formula is C19H18N4O2. The highest BCUT2D eigenvalue weighted by Crippen LogP contribution is 2.32. The molecule has 0 aliphatic carbocycles. The summed E-state index contributed by atoms with van der Waals surface area (Å²) < 4.78 is 1.80. The first-order chi connectivity index (χ1) is 12.0. The standard InChI is InChI=1S/C19H18N4O2/c1-11-7-8-13(12(2)9-11)20-17(24)10-16-18(25)22-19-21-14-5-3-4-6-15(14)23(16)19/h3-9,16H,10H2,1-2H3,(H,20,24)(H,21,22,25)/t16-/m1/s1. The van der Waals surface area contributed by atoms with Gasteiger partial charge in [-0.1, -0.05) is 29.8 Å². The number of para-hydroxylation sites is 2. The lowest BCUT2D eigenvalue weighted by Crippen LogP contribution is -2.23. The van der Waals surface area contributed by atoms with E-state index in [1.807, 2.05) is 56.3 Å². The number of nitrogens with one attached hydrogen (secondary N) is 2. The van der Waals surface area contributed by atoms with Crippen LogP contribution >= 0.6 is 0 Å². The van der Waals surface area contributed by atoms with Crippen molar-refractivity contribution >= 4 is 34.5 Å². The fraction of sp³-hybridized carbons (Fsp3) is 0.211. The largest absolute Gasteiger partial charge is 0.326 e. The van der Waals surface area contributed by atoms with Crippen LogP contribution < -0.4 is 10.6 Å². The summed E-state index contributed by atoms with van der Waals surface area (Å²) in [6.45, 7) is 3.96. The van der Waals surface area contributed by atoms with Crippen LogP contribution in [0, 0.1) is 13.8 Å². The number of hydrogen-bond donors (Lipinski definition) is 2. The lowest BCUT2D eigenvalue weighted by molar-refractivity contribution is -0.123. The molecule has 0 saturated carbocycles.